The molecule has 0 aliphatic heterocycles. The number of carboxylic acid groups (broad SMARTS) is 1. The average Bonchev–Trinajstić information content (AvgIpc) is 3.25. The van der Waals surface area contributed by atoms with Crippen LogP contribution in [-0.2, 0) is 19.1 Å². The van der Waals surface area contributed by atoms with Crippen molar-refractivity contribution >= 4 is 23.9 Å². The normalized spacial score (nSPS) is 13.0. The fraction of sp³-hybridized carbons (Fsp3) is 0.484. The first-order chi connectivity index (χ1) is 20.0. The molecule has 0 saturated carbocycles. The highest BCUT2D eigenvalue weighted by Gasteiger charge is 2.29. The van der Waals surface area contributed by atoms with E-state index in [1.165, 1.54) is 0 Å². The van der Waals surface area contributed by atoms with E-state index in [-0.39, 0.29) is 25.2 Å². The SMILES string of the molecule is CC(C)(C)OC(=O)CC[C@H](NC(=O)NCC1c2ccccc2-c2ccccc21)C(=O)NCCNCCNCCC(=O)O. The summed E-state index contributed by atoms with van der Waals surface area (Å²) in [5.41, 5.74) is 3.94. The molecule has 1 aliphatic carbocycles. The zero-order valence-electron chi connectivity index (χ0n) is 24.6. The van der Waals surface area contributed by atoms with Gasteiger partial charge in [0.15, 0.2) is 0 Å². The topological polar surface area (TPSA) is 158 Å². The molecule has 42 heavy (non-hydrogen) atoms. The molecule has 0 radical (unpaired) electrons. The lowest BCUT2D eigenvalue weighted by molar-refractivity contribution is -0.155. The minimum Gasteiger partial charge on any atom is -0.481 e. The Morgan fingerprint density at radius 2 is 1.38 bits per heavy atom. The van der Waals surface area contributed by atoms with Crippen molar-refractivity contribution in [3.8, 4) is 11.1 Å². The number of amides is 3. The van der Waals surface area contributed by atoms with Gasteiger partial charge in [0.05, 0.1) is 6.42 Å². The number of carboxylic acids is 1. The summed E-state index contributed by atoms with van der Waals surface area (Å²) >= 11 is 0. The lowest BCUT2D eigenvalue weighted by atomic mass is 9.97. The molecule has 2 aromatic carbocycles. The third-order valence-electron chi connectivity index (χ3n) is 6.70. The number of ether oxygens (including phenoxy) is 1. The van der Waals surface area contributed by atoms with Crippen molar-refractivity contribution in [2.75, 3.05) is 39.3 Å². The van der Waals surface area contributed by atoms with Crippen LogP contribution < -0.4 is 26.6 Å². The fourth-order valence-corrected chi connectivity index (χ4v) is 4.83. The minimum atomic E-state index is -0.932. The molecular formula is C31H43N5O6. The van der Waals surface area contributed by atoms with Crippen molar-refractivity contribution in [2.24, 2.45) is 0 Å². The van der Waals surface area contributed by atoms with Gasteiger partial charge in [-0.25, -0.2) is 4.79 Å². The first kappa shape index (κ1) is 32.6. The maximum atomic E-state index is 13.0. The molecule has 228 valence electrons. The van der Waals surface area contributed by atoms with Gasteiger partial charge in [-0.1, -0.05) is 48.5 Å². The molecule has 0 bridgehead atoms. The standard InChI is InChI=1S/C31H43N5O6/c1-31(2,3)42-28(39)13-12-26(29(40)34-19-18-33-17-16-32-15-14-27(37)38)36-30(41)35-20-25-23-10-6-4-8-21(23)22-9-5-7-11-24(22)25/h4-11,25-26,32-33H,12-20H2,1-3H3,(H,34,40)(H,37,38)(H2,35,36,41)/t26-/m0/s1. The van der Waals surface area contributed by atoms with E-state index < -0.39 is 35.5 Å². The highest BCUT2D eigenvalue weighted by Crippen LogP contribution is 2.44. The Morgan fingerprint density at radius 3 is 1.98 bits per heavy atom. The van der Waals surface area contributed by atoms with E-state index in [1.807, 2.05) is 24.3 Å². The number of esters is 1. The summed E-state index contributed by atoms with van der Waals surface area (Å²) in [5, 5.41) is 23.3. The fourth-order valence-electron chi connectivity index (χ4n) is 4.83. The van der Waals surface area contributed by atoms with Gasteiger partial charge < -0.3 is 36.4 Å². The van der Waals surface area contributed by atoms with Crippen LogP contribution in [0.5, 0.6) is 0 Å². The number of nitrogens with one attached hydrogen (secondary N) is 5. The molecule has 0 spiro atoms. The van der Waals surface area contributed by atoms with Gasteiger partial charge >= 0.3 is 18.0 Å². The lowest BCUT2D eigenvalue weighted by Gasteiger charge is -2.22. The molecule has 6 N–H and O–H groups in total. The summed E-state index contributed by atoms with van der Waals surface area (Å²) in [6.45, 7) is 8.06. The second-order valence-electron chi connectivity index (χ2n) is 11.2. The maximum absolute atomic E-state index is 13.0. The molecule has 11 heteroatoms. The maximum Gasteiger partial charge on any atom is 0.315 e. The van der Waals surface area contributed by atoms with Crippen molar-refractivity contribution in [3.63, 3.8) is 0 Å². The third kappa shape index (κ3) is 10.5. The van der Waals surface area contributed by atoms with Crippen LogP contribution in [0.4, 0.5) is 4.79 Å². The predicted molar refractivity (Wildman–Crippen MR) is 160 cm³/mol. The zero-order chi connectivity index (χ0) is 30.5. The van der Waals surface area contributed by atoms with Gasteiger partial charge in [-0.15, -0.1) is 0 Å². The van der Waals surface area contributed by atoms with Crippen LogP contribution in [0.1, 0.15) is 57.1 Å². The highest BCUT2D eigenvalue weighted by molar-refractivity contribution is 5.87. The number of carbonyl (C=O) groups is 4. The Bertz CT molecular complexity index is 1180. The van der Waals surface area contributed by atoms with E-state index in [4.69, 9.17) is 9.84 Å². The molecular weight excluding hydrogens is 538 g/mol. The van der Waals surface area contributed by atoms with E-state index in [9.17, 15) is 19.2 Å². The van der Waals surface area contributed by atoms with Gasteiger partial charge in [0.25, 0.3) is 0 Å². The number of hydrogen-bond donors (Lipinski definition) is 6. The molecule has 2 aromatic rings. The Labute approximate surface area is 247 Å². The van der Waals surface area contributed by atoms with Gasteiger partial charge in [0.2, 0.25) is 5.91 Å². The molecule has 11 nitrogen and oxygen atoms in total. The molecule has 1 atom stereocenters. The van der Waals surface area contributed by atoms with Gasteiger partial charge in [0.1, 0.15) is 11.6 Å². The molecule has 0 fully saturated rings. The van der Waals surface area contributed by atoms with Crippen LogP contribution in [0.15, 0.2) is 48.5 Å². The summed E-state index contributed by atoms with van der Waals surface area (Å²) < 4.78 is 5.37. The second-order valence-corrected chi connectivity index (χ2v) is 11.2. The lowest BCUT2D eigenvalue weighted by Crippen LogP contribution is -2.51. The van der Waals surface area contributed by atoms with Crippen LogP contribution in [0, 0.1) is 0 Å². The summed E-state index contributed by atoms with van der Waals surface area (Å²) in [5.74, 6) is -1.71. The summed E-state index contributed by atoms with van der Waals surface area (Å²) in [6, 6.07) is 14.8. The Balaban J connectivity index is 1.51. The molecule has 0 aromatic heterocycles. The van der Waals surface area contributed by atoms with Gasteiger partial charge in [-0.2, -0.15) is 0 Å². The van der Waals surface area contributed by atoms with Crippen molar-refractivity contribution in [2.45, 2.75) is 57.6 Å². The monoisotopic (exact) mass is 581 g/mol. The Morgan fingerprint density at radius 1 is 0.810 bits per heavy atom. The zero-order valence-corrected chi connectivity index (χ0v) is 24.6. The minimum absolute atomic E-state index is 0.0121. The number of fused-ring (bicyclic) bond motifs is 3. The van der Waals surface area contributed by atoms with Crippen molar-refractivity contribution in [1.29, 1.82) is 0 Å². The first-order valence-corrected chi connectivity index (χ1v) is 14.4. The number of rotatable bonds is 16. The summed E-state index contributed by atoms with van der Waals surface area (Å²) in [6.07, 6.45) is 0.117. The third-order valence-corrected chi connectivity index (χ3v) is 6.70. The van der Waals surface area contributed by atoms with E-state index >= 15 is 0 Å². The van der Waals surface area contributed by atoms with E-state index in [1.54, 1.807) is 20.8 Å². The van der Waals surface area contributed by atoms with E-state index in [0.29, 0.717) is 39.3 Å². The molecule has 0 unspecified atom stereocenters. The Hall–Kier alpha value is -3.96. The highest BCUT2D eigenvalue weighted by atomic mass is 16.6. The second kappa shape index (κ2) is 15.9. The largest absolute Gasteiger partial charge is 0.481 e. The molecule has 0 heterocycles. The molecule has 3 amide bonds. The number of benzene rings is 2. The quantitative estimate of drug-likeness (QED) is 0.130. The van der Waals surface area contributed by atoms with Gasteiger partial charge in [0, 0.05) is 51.6 Å². The van der Waals surface area contributed by atoms with Crippen molar-refractivity contribution < 1.29 is 29.0 Å². The summed E-state index contributed by atoms with van der Waals surface area (Å²) in [4.78, 5) is 48.8. The van der Waals surface area contributed by atoms with Crippen molar-refractivity contribution in [3.05, 3.63) is 59.7 Å². The van der Waals surface area contributed by atoms with Crippen LogP contribution in [-0.4, -0.2) is 79.9 Å². The van der Waals surface area contributed by atoms with Gasteiger partial charge in [-0.3, -0.25) is 14.4 Å². The van der Waals surface area contributed by atoms with Gasteiger partial charge in [-0.05, 0) is 49.4 Å². The number of carbonyl (C=O) groups excluding carboxylic acids is 3. The van der Waals surface area contributed by atoms with E-state index in [0.717, 1.165) is 22.3 Å². The number of aliphatic carboxylic acids is 1. The number of hydrogen-bond acceptors (Lipinski definition) is 7. The smallest absolute Gasteiger partial charge is 0.315 e. The van der Waals surface area contributed by atoms with Crippen LogP contribution in [0.25, 0.3) is 11.1 Å². The predicted octanol–water partition coefficient (Wildman–Crippen LogP) is 2.36. The summed E-state index contributed by atoms with van der Waals surface area (Å²) in [7, 11) is 0. The average molecular weight is 582 g/mol. The molecule has 3 rings (SSSR count). The van der Waals surface area contributed by atoms with Crippen LogP contribution >= 0.6 is 0 Å². The van der Waals surface area contributed by atoms with Crippen LogP contribution in [0.3, 0.4) is 0 Å². The molecule has 0 saturated heterocycles. The Kier molecular flexibility index (Phi) is 12.3. The molecule has 1 aliphatic rings. The van der Waals surface area contributed by atoms with Crippen LogP contribution in [0.2, 0.25) is 0 Å². The van der Waals surface area contributed by atoms with E-state index in [2.05, 4.69) is 50.8 Å². The first-order valence-electron chi connectivity index (χ1n) is 14.4. The van der Waals surface area contributed by atoms with Crippen molar-refractivity contribution in [1.82, 2.24) is 26.6 Å². The number of urea groups is 1.